The predicted octanol–water partition coefficient (Wildman–Crippen LogP) is 39.9. The summed E-state index contributed by atoms with van der Waals surface area (Å²) in [6, 6.07) is 80.6. The van der Waals surface area contributed by atoms with Gasteiger partial charge in [-0.1, -0.05) is 408 Å². The third-order valence-electron chi connectivity index (χ3n) is 19.9. The lowest BCUT2D eigenvalue weighted by Gasteiger charge is -2.03. The Bertz CT molecular complexity index is 5380. The molecule has 10 heterocycles. The van der Waals surface area contributed by atoms with Crippen LogP contribution in [0.15, 0.2) is 321 Å². The number of hydrogen-bond acceptors (Lipinski definition) is 14. The largest absolute Gasteiger partial charge is 0.390 e. The van der Waals surface area contributed by atoms with Gasteiger partial charge in [0.1, 0.15) is 15.3 Å². The van der Waals surface area contributed by atoms with Crippen LogP contribution in [0.25, 0.3) is 0 Å². The van der Waals surface area contributed by atoms with E-state index in [0.29, 0.717) is 73.7 Å². The van der Waals surface area contributed by atoms with Crippen molar-refractivity contribution in [3.05, 3.63) is 462 Å². The topological polar surface area (TPSA) is 154 Å². The summed E-state index contributed by atoms with van der Waals surface area (Å²) in [4.78, 5) is 37.8. The highest BCUT2D eigenvalue weighted by Crippen LogP contribution is 2.25. The van der Waals surface area contributed by atoms with Gasteiger partial charge >= 0.3 is 0 Å². The van der Waals surface area contributed by atoms with E-state index in [1.807, 2.05) is 152 Å². The molecule has 0 aliphatic rings. The minimum atomic E-state index is 0.0262. The van der Waals surface area contributed by atoms with Gasteiger partial charge in [0.2, 0.25) is 0 Å². The molecule has 0 saturated carbocycles. The zero-order valence-electron chi connectivity index (χ0n) is 93.4. The van der Waals surface area contributed by atoms with Crippen molar-refractivity contribution in [3.63, 3.8) is 0 Å². The molecule has 0 aliphatic carbocycles. The number of thiazole rings is 1. The maximum absolute atomic E-state index is 8.70. The molecule has 0 radical (unpaired) electrons. The predicted molar refractivity (Wildman–Crippen MR) is 643 cm³/mol. The number of hydrogen-bond donors (Lipinski definition) is 1. The van der Waals surface area contributed by atoms with Crippen LogP contribution in [-0.4, -0.2) is 66.0 Å². The summed E-state index contributed by atoms with van der Waals surface area (Å²) in [5.74, 6) is 5.83. The van der Waals surface area contributed by atoms with E-state index >= 15 is 0 Å². The fourth-order valence-corrected chi connectivity index (χ4v) is 13.3. The number of aromatic nitrogens is 11. The molecule has 0 aliphatic heterocycles. The van der Waals surface area contributed by atoms with Crippen molar-refractivity contribution in [2.75, 3.05) is 6.26 Å². The molecule has 0 bridgehead atoms. The van der Waals surface area contributed by atoms with E-state index in [-0.39, 0.29) is 6.61 Å². The average Bonchev–Trinajstić information content (AvgIpc) is 1.63. The van der Waals surface area contributed by atoms with Gasteiger partial charge in [0.15, 0.2) is 5.15 Å². The van der Waals surface area contributed by atoms with E-state index in [0.717, 1.165) is 42.5 Å². The van der Waals surface area contributed by atoms with Crippen LogP contribution in [0.4, 0.5) is 0 Å². The first-order valence-corrected chi connectivity index (χ1v) is 54.9. The molecular weight excluding hydrogens is 1980 g/mol. The van der Waals surface area contributed by atoms with Crippen LogP contribution in [0, 0.1) is 89.0 Å². The highest BCUT2D eigenvalue weighted by Gasteiger charge is 2.07. The molecule has 146 heavy (non-hydrogen) atoms. The SMILES string of the molecule is CC(C)C.CC(C)c1ccc(CO)nc1.CC(C)c1ccc(Cl)cn1.CC(C)c1ccc(Cl)nc1.CC(C)c1ccccn1.CC(C)c1cccnc1.CC(C)c1ccncc1.CC(C)c1ncc(Cl)cn1.CC(C)c1ncc(Cl)s1.CC(C)n1ccc(Cl)n1.CSc1ccc(C)cc1.Cc1ccc(C)c(C)c1.Cc1ccc(C)cc1.Cc1ccc(C)cc1.Cc1ccc(C)cc1.Cc1cccc(C)c1.Clc1cccs1. The number of benzene rings is 6. The summed E-state index contributed by atoms with van der Waals surface area (Å²) in [5, 5.41) is 18.2. The first kappa shape index (κ1) is 136. The minimum Gasteiger partial charge on any atom is -0.390 e. The smallest absolute Gasteiger partial charge is 0.151 e. The van der Waals surface area contributed by atoms with E-state index in [2.05, 4.69) is 416 Å². The Labute approximate surface area is 923 Å². The van der Waals surface area contributed by atoms with E-state index in [4.69, 9.17) is 74.7 Å². The average molecular weight is 2150 g/mol. The number of aryl methyl sites for hydroxylation is 12. The number of rotatable bonds is 11. The van der Waals surface area contributed by atoms with Crippen LogP contribution >= 0.6 is 104 Å². The second kappa shape index (κ2) is 80.9. The number of thiophene rings is 1. The Morgan fingerprint density at radius 3 is 1.03 bits per heavy atom. The molecule has 0 amide bonds. The second-order valence-corrected chi connectivity index (χ2v) is 43.8. The lowest BCUT2D eigenvalue weighted by molar-refractivity contribution is 0.277. The third kappa shape index (κ3) is 71.5. The van der Waals surface area contributed by atoms with Crippen LogP contribution < -0.4 is 0 Å². The molecule has 21 heteroatoms. The molecular formula is C125H167Cl6N11OS3. The second-order valence-electron chi connectivity index (χ2n) is 38.0. The Balaban J connectivity index is 0.00000153. The zero-order valence-corrected chi connectivity index (χ0v) is 100. The Morgan fingerprint density at radius 1 is 0.308 bits per heavy atom. The highest BCUT2D eigenvalue weighted by molar-refractivity contribution is 7.98. The van der Waals surface area contributed by atoms with E-state index in [9.17, 15) is 0 Å². The van der Waals surface area contributed by atoms with E-state index in [1.165, 1.54) is 93.9 Å². The molecule has 6 aromatic carbocycles. The number of aliphatic hydroxyl groups is 1. The van der Waals surface area contributed by atoms with E-state index < -0.39 is 0 Å². The third-order valence-corrected chi connectivity index (χ3v) is 24.0. The molecule has 10 aromatic heterocycles. The lowest BCUT2D eigenvalue weighted by Crippen LogP contribution is -1.99. The number of thioether (sulfide) groups is 1. The van der Waals surface area contributed by atoms with Crippen LogP contribution in [0.2, 0.25) is 29.0 Å². The molecule has 0 unspecified atom stereocenters. The van der Waals surface area contributed by atoms with Crippen molar-refractivity contribution in [3.8, 4) is 0 Å². The fraction of sp³-hybridized carbons (Fsp3) is 0.360. The van der Waals surface area contributed by atoms with Gasteiger partial charge in [-0.25, -0.2) is 19.9 Å². The number of aliphatic hydroxyl groups excluding tert-OH is 1. The summed E-state index contributed by atoms with van der Waals surface area (Å²) in [6.07, 6.45) is 23.4. The molecule has 12 nitrogen and oxygen atoms in total. The highest BCUT2D eigenvalue weighted by atomic mass is 35.5. The molecule has 16 aromatic rings. The molecule has 788 valence electrons. The van der Waals surface area contributed by atoms with Gasteiger partial charge in [-0.3, -0.25) is 29.6 Å². The van der Waals surface area contributed by atoms with Gasteiger partial charge in [0.05, 0.1) is 37.9 Å². The van der Waals surface area contributed by atoms with Crippen LogP contribution in [0.1, 0.15) is 316 Å². The van der Waals surface area contributed by atoms with Gasteiger partial charge in [0, 0.05) is 102 Å². The Hall–Kier alpha value is -10.1. The van der Waals surface area contributed by atoms with Crippen molar-refractivity contribution in [2.24, 2.45) is 5.92 Å². The summed E-state index contributed by atoms with van der Waals surface area (Å²) >= 11 is 38.4. The number of pyridine rings is 6. The maximum Gasteiger partial charge on any atom is 0.151 e. The summed E-state index contributed by atoms with van der Waals surface area (Å²) in [6.45, 7) is 69.9. The van der Waals surface area contributed by atoms with Gasteiger partial charge in [-0.2, -0.15) is 5.10 Å². The minimum absolute atomic E-state index is 0.0262. The maximum atomic E-state index is 8.70. The normalized spacial score (nSPS) is 9.94. The van der Waals surface area contributed by atoms with Gasteiger partial charge in [-0.05, 0) is 268 Å². The molecule has 16 rings (SSSR count). The zero-order chi connectivity index (χ0) is 110. The Morgan fingerprint density at radius 2 is 0.760 bits per heavy atom. The molecule has 0 spiro atoms. The van der Waals surface area contributed by atoms with E-state index in [1.54, 1.807) is 71.5 Å². The first-order chi connectivity index (χ1) is 68.9. The van der Waals surface area contributed by atoms with Crippen molar-refractivity contribution in [1.29, 1.82) is 0 Å². The molecule has 0 fully saturated rings. The standard InChI is InChI=1S/C9H13NO.C9H12.2C8H10ClN.3C8H11N.C8H10S.4C8H10.C7H9ClN2.C6H9ClN2.C6H8ClNS.C4H3ClS.C4H10/c1-7(2)8-3-4-9(6-11)10-5-8;1-7-4-5-8(2)9(3)6-7;1-6(2)8-4-3-7(9)5-10-8;1-6(2)7-3-4-8(9)10-5-7;1-7(2)8-3-5-9-6-4-8;1-7(2)8-4-3-5-9-6-8;1-7(2)8-5-3-4-6-9-8;1-7-3-5-8(9-2)6-4-7;3*1-7-3-5-8(2)6-4-7;1-7-4-3-5-8(2)6-7;1-5(2)7-9-3-6(8)4-10-7;1-5(2)9-4-3-6(7)8-9;1-4(2)6-8-3-5(7)9-6;5-4-2-1-3-6-4;1-4(2)3/h3-5,7,11H,6H2,1-2H3;4-6H,1-3H3;2*3-6H,1-2H3;3*3-7H,1-2H3;3-6H,1-2H3;4*3-6H,1-2H3;3-5H,1-2H3;3-5H,1-2H3;3-4H,1-2H3;1-3H;4H,1-3H3. The van der Waals surface area contributed by atoms with Crippen molar-refractivity contribution in [2.45, 2.75) is 293 Å². The first-order valence-electron chi connectivity index (χ1n) is 49.7. The number of halogens is 6. The summed E-state index contributed by atoms with van der Waals surface area (Å²) < 4.78 is 3.45. The molecule has 0 atom stereocenters. The monoisotopic (exact) mass is 2140 g/mol. The Kier molecular flexibility index (Phi) is 75.3. The number of nitrogens with zero attached hydrogens (tertiary/aromatic N) is 11. The van der Waals surface area contributed by atoms with Crippen LogP contribution in [0.5, 0.6) is 0 Å². The van der Waals surface area contributed by atoms with Gasteiger partial charge in [-0.15, -0.1) is 34.4 Å². The summed E-state index contributed by atoms with van der Waals surface area (Å²) in [5.41, 5.74) is 24.2. The lowest BCUT2D eigenvalue weighted by atomic mass is 10.1. The molecule has 0 saturated heterocycles. The van der Waals surface area contributed by atoms with Gasteiger partial charge in [0.25, 0.3) is 0 Å². The van der Waals surface area contributed by atoms with Crippen LogP contribution in [0.3, 0.4) is 0 Å². The van der Waals surface area contributed by atoms with Crippen molar-refractivity contribution >= 4 is 104 Å². The summed E-state index contributed by atoms with van der Waals surface area (Å²) in [7, 11) is 0. The van der Waals surface area contributed by atoms with Crippen molar-refractivity contribution in [1.82, 2.24) is 54.6 Å². The van der Waals surface area contributed by atoms with Crippen molar-refractivity contribution < 1.29 is 5.11 Å². The van der Waals surface area contributed by atoms with Gasteiger partial charge < -0.3 is 5.11 Å². The van der Waals surface area contributed by atoms with Crippen LogP contribution in [-0.2, 0) is 6.61 Å². The molecule has 1 N–H and O–H groups in total. The fourth-order valence-electron chi connectivity index (χ4n) is 10.8. The quantitative estimate of drug-likeness (QED) is 0.0968.